The van der Waals surface area contributed by atoms with Crippen molar-refractivity contribution in [3.05, 3.63) is 52.1 Å². The van der Waals surface area contributed by atoms with E-state index in [4.69, 9.17) is 9.47 Å². The molecule has 1 aromatic carbocycles. The molecule has 3 N–H and O–H groups in total. The number of imidazole rings is 1. The van der Waals surface area contributed by atoms with Crippen LogP contribution >= 0.6 is 0 Å². The summed E-state index contributed by atoms with van der Waals surface area (Å²) in [5, 5.41) is 13.4. The fourth-order valence-corrected chi connectivity index (χ4v) is 3.38. The Labute approximate surface area is 168 Å². The van der Waals surface area contributed by atoms with Crippen LogP contribution in [0.1, 0.15) is 52.6 Å². The number of H-pyrrole nitrogens is 1. The van der Waals surface area contributed by atoms with Crippen molar-refractivity contribution in [3.63, 3.8) is 0 Å². The lowest BCUT2D eigenvalue weighted by molar-refractivity contribution is -0.121. The van der Waals surface area contributed by atoms with Crippen LogP contribution in [-0.4, -0.2) is 34.1 Å². The third-order valence-electron chi connectivity index (χ3n) is 5.06. The SMILES string of the molecule is COc1c(C)c2c(c(O)c1CC=C(C)CCC(=O)NCc1ncc[nH]1)C(=O)OC2. The maximum absolute atomic E-state index is 12.0. The van der Waals surface area contributed by atoms with E-state index in [0.717, 1.165) is 11.1 Å². The number of nitrogens with one attached hydrogen (secondary N) is 2. The first-order valence-corrected chi connectivity index (χ1v) is 9.41. The number of aromatic nitrogens is 2. The van der Waals surface area contributed by atoms with Crippen LogP contribution in [-0.2, 0) is 29.1 Å². The molecule has 29 heavy (non-hydrogen) atoms. The van der Waals surface area contributed by atoms with E-state index in [2.05, 4.69) is 15.3 Å². The summed E-state index contributed by atoms with van der Waals surface area (Å²) in [5.74, 6) is 0.591. The van der Waals surface area contributed by atoms with Crippen LogP contribution in [0, 0.1) is 6.92 Å². The molecule has 0 radical (unpaired) electrons. The zero-order valence-corrected chi connectivity index (χ0v) is 16.8. The summed E-state index contributed by atoms with van der Waals surface area (Å²) >= 11 is 0. The van der Waals surface area contributed by atoms with E-state index in [0.29, 0.717) is 48.5 Å². The van der Waals surface area contributed by atoms with Crippen molar-refractivity contribution in [1.29, 1.82) is 0 Å². The second-order valence-corrected chi connectivity index (χ2v) is 6.98. The van der Waals surface area contributed by atoms with Crippen LogP contribution in [0.5, 0.6) is 11.5 Å². The molecule has 0 saturated heterocycles. The largest absolute Gasteiger partial charge is 0.507 e. The van der Waals surface area contributed by atoms with Crippen molar-refractivity contribution in [3.8, 4) is 11.5 Å². The van der Waals surface area contributed by atoms with Crippen LogP contribution < -0.4 is 10.1 Å². The number of fused-ring (bicyclic) bond motifs is 1. The molecular formula is C21H25N3O5. The van der Waals surface area contributed by atoms with E-state index in [1.165, 1.54) is 7.11 Å². The second-order valence-electron chi connectivity index (χ2n) is 6.98. The van der Waals surface area contributed by atoms with Crippen molar-refractivity contribution in [2.24, 2.45) is 0 Å². The maximum atomic E-state index is 12.0. The third kappa shape index (κ3) is 4.42. The van der Waals surface area contributed by atoms with Gasteiger partial charge in [-0.3, -0.25) is 4.79 Å². The molecule has 0 bridgehead atoms. The number of phenols is 1. The molecule has 8 heteroatoms. The average Bonchev–Trinajstić information content (AvgIpc) is 3.36. The summed E-state index contributed by atoms with van der Waals surface area (Å²) in [5.41, 5.74) is 3.23. The van der Waals surface area contributed by atoms with Gasteiger partial charge in [-0.1, -0.05) is 11.6 Å². The van der Waals surface area contributed by atoms with Crippen molar-refractivity contribution >= 4 is 11.9 Å². The molecule has 1 aliphatic rings. The molecule has 0 fully saturated rings. The zero-order chi connectivity index (χ0) is 21.0. The van der Waals surface area contributed by atoms with Crippen LogP contribution in [0.25, 0.3) is 0 Å². The first kappa shape index (κ1) is 20.4. The Kier molecular flexibility index (Phi) is 6.21. The van der Waals surface area contributed by atoms with E-state index >= 15 is 0 Å². The summed E-state index contributed by atoms with van der Waals surface area (Å²) < 4.78 is 10.5. The Morgan fingerprint density at radius 2 is 2.24 bits per heavy atom. The molecule has 0 spiro atoms. The summed E-state index contributed by atoms with van der Waals surface area (Å²) in [4.78, 5) is 30.9. The maximum Gasteiger partial charge on any atom is 0.342 e. The lowest BCUT2D eigenvalue weighted by Crippen LogP contribution is -2.23. The van der Waals surface area contributed by atoms with E-state index in [1.807, 2.05) is 19.9 Å². The number of methoxy groups -OCH3 is 1. The number of amides is 1. The van der Waals surface area contributed by atoms with E-state index in [9.17, 15) is 14.7 Å². The van der Waals surface area contributed by atoms with Crippen LogP contribution in [0.15, 0.2) is 24.0 Å². The molecule has 2 aromatic rings. The molecule has 2 heterocycles. The van der Waals surface area contributed by atoms with Crippen LogP contribution in [0.2, 0.25) is 0 Å². The van der Waals surface area contributed by atoms with Gasteiger partial charge in [-0.25, -0.2) is 9.78 Å². The Balaban J connectivity index is 1.64. The number of allylic oxidation sites excluding steroid dienone is 2. The Morgan fingerprint density at radius 3 is 2.93 bits per heavy atom. The zero-order valence-electron chi connectivity index (χ0n) is 16.8. The van der Waals surface area contributed by atoms with Crippen LogP contribution in [0.3, 0.4) is 0 Å². The van der Waals surface area contributed by atoms with Gasteiger partial charge in [0.25, 0.3) is 0 Å². The molecule has 8 nitrogen and oxygen atoms in total. The number of cyclic esters (lactones) is 1. The number of phenolic OH excluding ortho intramolecular Hbond substituents is 1. The highest BCUT2D eigenvalue weighted by atomic mass is 16.5. The van der Waals surface area contributed by atoms with E-state index in [1.54, 1.807) is 12.4 Å². The number of carbonyl (C=O) groups is 2. The highest BCUT2D eigenvalue weighted by Crippen LogP contribution is 2.42. The molecule has 3 rings (SSSR count). The van der Waals surface area contributed by atoms with Crippen molar-refractivity contribution in [2.45, 2.75) is 46.3 Å². The van der Waals surface area contributed by atoms with Gasteiger partial charge in [0.15, 0.2) is 0 Å². The quantitative estimate of drug-likeness (QED) is 0.465. The Morgan fingerprint density at radius 1 is 1.45 bits per heavy atom. The molecule has 0 atom stereocenters. The van der Waals surface area contributed by atoms with Crippen molar-refractivity contribution < 1.29 is 24.2 Å². The third-order valence-corrected chi connectivity index (χ3v) is 5.06. The molecule has 1 amide bonds. The summed E-state index contributed by atoms with van der Waals surface area (Å²) in [6, 6.07) is 0. The van der Waals surface area contributed by atoms with Gasteiger partial charge in [0.05, 0.1) is 13.7 Å². The minimum Gasteiger partial charge on any atom is -0.507 e. The number of aromatic hydroxyl groups is 1. The fraction of sp³-hybridized carbons (Fsp3) is 0.381. The van der Waals surface area contributed by atoms with Gasteiger partial charge in [-0.05, 0) is 32.3 Å². The molecular weight excluding hydrogens is 374 g/mol. The monoisotopic (exact) mass is 399 g/mol. The fourth-order valence-electron chi connectivity index (χ4n) is 3.38. The number of benzene rings is 1. The van der Waals surface area contributed by atoms with Gasteiger partial charge in [-0.2, -0.15) is 0 Å². The Bertz CT molecular complexity index is 948. The molecule has 154 valence electrons. The predicted octanol–water partition coefficient (Wildman–Crippen LogP) is 2.69. The molecule has 0 aliphatic carbocycles. The minimum absolute atomic E-state index is 0.0642. The number of rotatable bonds is 8. The van der Waals surface area contributed by atoms with E-state index < -0.39 is 5.97 Å². The first-order valence-electron chi connectivity index (χ1n) is 9.41. The van der Waals surface area contributed by atoms with Gasteiger partial charge in [-0.15, -0.1) is 0 Å². The van der Waals surface area contributed by atoms with Gasteiger partial charge >= 0.3 is 5.97 Å². The number of carbonyl (C=O) groups excluding carboxylic acids is 2. The predicted molar refractivity (Wildman–Crippen MR) is 106 cm³/mol. The lowest BCUT2D eigenvalue weighted by Gasteiger charge is -2.15. The number of aromatic amines is 1. The van der Waals surface area contributed by atoms with Gasteiger partial charge in [0, 0.05) is 29.9 Å². The van der Waals surface area contributed by atoms with E-state index in [-0.39, 0.29) is 23.8 Å². The van der Waals surface area contributed by atoms with Crippen LogP contribution in [0.4, 0.5) is 0 Å². The number of esters is 1. The smallest absolute Gasteiger partial charge is 0.342 e. The number of hydrogen-bond donors (Lipinski definition) is 3. The molecule has 1 aliphatic heterocycles. The highest BCUT2D eigenvalue weighted by Gasteiger charge is 2.31. The summed E-state index contributed by atoms with van der Waals surface area (Å²) in [6.07, 6.45) is 6.59. The summed E-state index contributed by atoms with van der Waals surface area (Å²) in [7, 11) is 1.54. The minimum atomic E-state index is -0.515. The van der Waals surface area contributed by atoms with Gasteiger partial charge in [0.1, 0.15) is 29.5 Å². The lowest BCUT2D eigenvalue weighted by atomic mass is 9.94. The highest BCUT2D eigenvalue weighted by molar-refractivity contribution is 5.98. The second kappa shape index (κ2) is 8.81. The number of ether oxygens (including phenoxy) is 2. The number of hydrogen-bond acceptors (Lipinski definition) is 6. The average molecular weight is 399 g/mol. The normalized spacial score (nSPS) is 13.2. The number of nitrogens with zero attached hydrogens (tertiary/aromatic N) is 1. The standard InChI is InChI=1S/C21H25N3O5/c1-12(5-7-17(25)24-10-16-22-8-9-23-16)4-6-14-19(26)18-15(11-29-21(18)27)13(2)20(14)28-3/h4,8-9,26H,5-7,10-11H2,1-3H3,(H,22,23)(H,24,25). The molecule has 0 unspecified atom stereocenters. The van der Waals surface area contributed by atoms with Gasteiger partial charge < -0.3 is 24.9 Å². The first-order chi connectivity index (χ1) is 13.9. The molecule has 1 aromatic heterocycles. The van der Waals surface area contributed by atoms with Crippen molar-refractivity contribution in [2.75, 3.05) is 7.11 Å². The van der Waals surface area contributed by atoms with Gasteiger partial charge in [0.2, 0.25) is 5.91 Å². The van der Waals surface area contributed by atoms with Crippen molar-refractivity contribution in [1.82, 2.24) is 15.3 Å². The Hall–Kier alpha value is -3.29. The summed E-state index contributed by atoms with van der Waals surface area (Å²) in [6.45, 7) is 4.29. The molecule has 0 saturated carbocycles. The topological polar surface area (TPSA) is 114 Å².